The smallest absolute Gasteiger partial charge is 0.268 e. The molecule has 1 unspecified atom stereocenters. The Morgan fingerprint density at radius 1 is 1.83 bits per heavy atom. The van der Waals surface area contributed by atoms with Crippen LogP contribution in [0, 0.1) is 0 Å². The highest BCUT2D eigenvalue weighted by atomic mass is 32.1. The number of aliphatic hydroxyl groups is 1. The Balaban J connectivity index is 2.80. The van der Waals surface area contributed by atoms with Gasteiger partial charge in [-0.3, -0.25) is 4.79 Å². The first-order valence-electron chi connectivity index (χ1n) is 3.36. The summed E-state index contributed by atoms with van der Waals surface area (Å²) in [7, 11) is 0. The minimum atomic E-state index is -1.18. The van der Waals surface area contributed by atoms with Crippen LogP contribution in [-0.4, -0.2) is 27.9 Å². The van der Waals surface area contributed by atoms with Gasteiger partial charge in [0.25, 0.3) is 5.91 Å². The molecule has 5 heteroatoms. The van der Waals surface area contributed by atoms with Crippen molar-refractivity contribution in [3.8, 4) is 0 Å². The Kier molecular flexibility index (Phi) is 2.67. The highest BCUT2D eigenvalue weighted by molar-refractivity contribution is 7.82. The lowest BCUT2D eigenvalue weighted by molar-refractivity contribution is -0.114. The van der Waals surface area contributed by atoms with E-state index in [1.807, 2.05) is 0 Å². The number of nitrogens with one attached hydrogen (secondary N) is 1. The number of nitrogens with zero attached hydrogens (tertiary/aromatic N) is 1. The fourth-order valence-electron chi connectivity index (χ4n) is 0.789. The van der Waals surface area contributed by atoms with E-state index in [0.29, 0.717) is 12.3 Å². The molecule has 0 saturated heterocycles. The maximum atomic E-state index is 11.0. The van der Waals surface area contributed by atoms with Crippen LogP contribution in [0.5, 0.6) is 0 Å². The number of amides is 1. The zero-order valence-corrected chi connectivity index (χ0v) is 7.10. The summed E-state index contributed by atoms with van der Waals surface area (Å²) in [6.45, 7) is 3.48. The van der Waals surface area contributed by atoms with Crippen LogP contribution in [0.25, 0.3) is 0 Å². The average molecular weight is 184 g/mol. The van der Waals surface area contributed by atoms with Gasteiger partial charge < -0.3 is 10.4 Å². The van der Waals surface area contributed by atoms with Crippen LogP contribution in [0.15, 0.2) is 17.6 Å². The van der Waals surface area contributed by atoms with Gasteiger partial charge in [0, 0.05) is 6.42 Å². The van der Waals surface area contributed by atoms with Gasteiger partial charge in [0.2, 0.25) is 0 Å². The molecule has 0 aromatic heterocycles. The van der Waals surface area contributed by atoms with E-state index >= 15 is 0 Å². The van der Waals surface area contributed by atoms with Crippen molar-refractivity contribution < 1.29 is 9.90 Å². The first-order chi connectivity index (χ1) is 5.65. The number of amidine groups is 1. The summed E-state index contributed by atoms with van der Waals surface area (Å²) in [6, 6.07) is 0. The highest BCUT2D eigenvalue weighted by Gasteiger charge is 2.24. The van der Waals surface area contributed by atoms with Gasteiger partial charge in [-0.2, -0.15) is 0 Å². The highest BCUT2D eigenvalue weighted by Crippen LogP contribution is 2.00. The summed E-state index contributed by atoms with van der Waals surface area (Å²) in [6.07, 6.45) is 0.828. The summed E-state index contributed by atoms with van der Waals surface area (Å²) in [5.41, 5.74) is 0. The Labute approximate surface area is 75.0 Å². The largest absolute Gasteiger partial charge is 0.367 e. The van der Waals surface area contributed by atoms with E-state index in [-0.39, 0.29) is 4.86 Å². The molecule has 0 aliphatic carbocycles. The number of hydrogen-bond acceptors (Lipinski definition) is 4. The molecule has 1 aliphatic heterocycles. The lowest BCUT2D eigenvalue weighted by atomic mass is 10.2. The van der Waals surface area contributed by atoms with Gasteiger partial charge in [-0.25, -0.2) is 4.99 Å². The van der Waals surface area contributed by atoms with E-state index in [1.165, 1.54) is 0 Å². The zero-order valence-electron chi connectivity index (χ0n) is 6.28. The summed E-state index contributed by atoms with van der Waals surface area (Å²) in [4.78, 5) is 14.6. The molecule has 0 saturated carbocycles. The van der Waals surface area contributed by atoms with Crippen LogP contribution in [0.2, 0.25) is 0 Å². The SMILES string of the molecule is C=CCC1=NC(O)C(=S)C(=O)N1. The van der Waals surface area contributed by atoms with Crippen LogP contribution >= 0.6 is 12.2 Å². The quantitative estimate of drug-likeness (QED) is 0.460. The third kappa shape index (κ3) is 1.75. The minimum Gasteiger partial charge on any atom is -0.367 e. The lowest BCUT2D eigenvalue weighted by Gasteiger charge is -2.16. The van der Waals surface area contributed by atoms with Gasteiger partial charge in [0.1, 0.15) is 10.7 Å². The molecule has 0 aromatic carbocycles. The molecule has 1 amide bonds. The van der Waals surface area contributed by atoms with Gasteiger partial charge in [-0.15, -0.1) is 6.58 Å². The second kappa shape index (κ2) is 3.55. The van der Waals surface area contributed by atoms with Gasteiger partial charge in [-0.05, 0) is 0 Å². The number of aliphatic imine (C=N–C) groups is 1. The van der Waals surface area contributed by atoms with Crippen molar-refractivity contribution >= 4 is 28.8 Å². The van der Waals surface area contributed by atoms with Crippen LogP contribution < -0.4 is 5.32 Å². The standard InChI is InChI=1S/C7H8N2O2S/c1-2-3-4-8-6(10)5(12)7(11)9-4/h2,6,10H,1,3H2,(H,8,9,11). The molecule has 4 nitrogen and oxygen atoms in total. The topological polar surface area (TPSA) is 61.7 Å². The van der Waals surface area contributed by atoms with E-state index in [2.05, 4.69) is 29.1 Å². The zero-order chi connectivity index (χ0) is 9.14. The third-order valence-corrected chi connectivity index (χ3v) is 1.73. The number of aliphatic hydroxyl groups excluding tert-OH is 1. The van der Waals surface area contributed by atoms with E-state index < -0.39 is 12.1 Å². The minimum absolute atomic E-state index is 0.0946. The van der Waals surface area contributed by atoms with Crippen molar-refractivity contribution in [3.63, 3.8) is 0 Å². The molecule has 0 spiro atoms. The van der Waals surface area contributed by atoms with E-state index in [1.54, 1.807) is 6.08 Å². The number of carbonyl (C=O) groups excluding carboxylic acids is 1. The molecular formula is C7H8N2O2S. The molecule has 12 heavy (non-hydrogen) atoms. The summed E-state index contributed by atoms with van der Waals surface area (Å²) in [5.74, 6) is -0.0551. The molecular weight excluding hydrogens is 176 g/mol. The molecule has 2 N–H and O–H groups in total. The number of rotatable bonds is 2. The number of carbonyl (C=O) groups is 1. The first kappa shape index (κ1) is 9.02. The monoisotopic (exact) mass is 184 g/mol. The van der Waals surface area contributed by atoms with Crippen molar-refractivity contribution in [1.29, 1.82) is 0 Å². The van der Waals surface area contributed by atoms with E-state index in [0.717, 1.165) is 0 Å². The van der Waals surface area contributed by atoms with Crippen LogP contribution in [0.1, 0.15) is 6.42 Å². The average Bonchev–Trinajstić information content (AvgIpc) is 2.01. The molecule has 1 heterocycles. The second-order valence-corrected chi connectivity index (χ2v) is 2.70. The normalized spacial score (nSPS) is 23.1. The molecule has 0 bridgehead atoms. The van der Waals surface area contributed by atoms with Gasteiger partial charge in [0.15, 0.2) is 6.23 Å². The Morgan fingerprint density at radius 2 is 2.50 bits per heavy atom. The van der Waals surface area contributed by atoms with Crippen molar-refractivity contribution in [2.75, 3.05) is 0 Å². The Bertz CT molecular complexity index is 273. The molecule has 1 rings (SSSR count). The summed E-state index contributed by atoms with van der Waals surface area (Å²) < 4.78 is 0. The van der Waals surface area contributed by atoms with Crippen LogP contribution in [-0.2, 0) is 4.79 Å². The van der Waals surface area contributed by atoms with Crippen molar-refractivity contribution in [3.05, 3.63) is 12.7 Å². The maximum Gasteiger partial charge on any atom is 0.268 e. The third-order valence-electron chi connectivity index (χ3n) is 1.33. The van der Waals surface area contributed by atoms with E-state index in [4.69, 9.17) is 5.11 Å². The Morgan fingerprint density at radius 3 is 3.00 bits per heavy atom. The lowest BCUT2D eigenvalue weighted by Crippen LogP contribution is -2.45. The van der Waals surface area contributed by atoms with Crippen molar-refractivity contribution in [2.24, 2.45) is 4.99 Å². The van der Waals surface area contributed by atoms with Gasteiger partial charge >= 0.3 is 0 Å². The summed E-state index contributed by atoms with van der Waals surface area (Å²) in [5, 5.41) is 11.6. The molecule has 0 radical (unpaired) electrons. The molecule has 64 valence electrons. The van der Waals surface area contributed by atoms with E-state index in [9.17, 15) is 4.79 Å². The van der Waals surface area contributed by atoms with Crippen molar-refractivity contribution in [2.45, 2.75) is 12.6 Å². The fourth-order valence-corrected chi connectivity index (χ4v) is 0.893. The van der Waals surface area contributed by atoms with Crippen molar-refractivity contribution in [1.82, 2.24) is 5.32 Å². The molecule has 0 aromatic rings. The Hall–Kier alpha value is -1.07. The molecule has 1 atom stereocenters. The second-order valence-electron chi connectivity index (χ2n) is 2.26. The molecule has 0 fully saturated rings. The maximum absolute atomic E-state index is 11.0. The first-order valence-corrected chi connectivity index (χ1v) is 3.77. The fraction of sp³-hybridized carbons (Fsp3) is 0.286. The number of hydrogen-bond donors (Lipinski definition) is 2. The van der Waals surface area contributed by atoms with Gasteiger partial charge in [-0.1, -0.05) is 18.3 Å². The predicted octanol–water partition coefficient (Wildman–Crippen LogP) is -0.221. The number of thiocarbonyl (C=S) groups is 1. The predicted molar refractivity (Wildman–Crippen MR) is 49.0 cm³/mol. The van der Waals surface area contributed by atoms with Crippen LogP contribution in [0.3, 0.4) is 0 Å². The summed E-state index contributed by atoms with van der Waals surface area (Å²) >= 11 is 4.59. The van der Waals surface area contributed by atoms with Crippen LogP contribution in [0.4, 0.5) is 0 Å². The van der Waals surface area contributed by atoms with Gasteiger partial charge in [0.05, 0.1) is 0 Å². The molecule has 1 aliphatic rings.